The minimum atomic E-state index is -0.278. The second kappa shape index (κ2) is 6.98. The Morgan fingerprint density at radius 3 is 2.87 bits per heavy atom. The molecule has 0 aliphatic heterocycles. The Labute approximate surface area is 133 Å². The third-order valence-corrected chi connectivity index (χ3v) is 3.43. The molecular weight excluding hydrogens is 293 g/mol. The molecule has 3 rings (SSSR count). The third-order valence-electron chi connectivity index (χ3n) is 3.43. The molecule has 0 spiro atoms. The number of hydrogen-bond donors (Lipinski definition) is 2. The number of fused-ring (bicyclic) bond motifs is 1. The van der Waals surface area contributed by atoms with E-state index >= 15 is 0 Å². The highest BCUT2D eigenvalue weighted by atomic mass is 19.1. The van der Waals surface area contributed by atoms with Gasteiger partial charge in [0.1, 0.15) is 5.82 Å². The Kier molecular flexibility index (Phi) is 4.59. The van der Waals surface area contributed by atoms with Crippen molar-refractivity contribution in [3.63, 3.8) is 0 Å². The van der Waals surface area contributed by atoms with Crippen molar-refractivity contribution < 1.29 is 9.18 Å². The van der Waals surface area contributed by atoms with Gasteiger partial charge in [0.25, 0.3) is 0 Å². The summed E-state index contributed by atoms with van der Waals surface area (Å²) in [6, 6.07) is 13.9. The van der Waals surface area contributed by atoms with Crippen molar-refractivity contribution in [1.29, 1.82) is 0 Å². The number of nitrogens with zero attached hydrogens (tertiary/aromatic N) is 1. The lowest BCUT2D eigenvalue weighted by atomic mass is 10.1. The first kappa shape index (κ1) is 15.1. The summed E-state index contributed by atoms with van der Waals surface area (Å²) in [7, 11) is 0. The van der Waals surface area contributed by atoms with Crippen LogP contribution in [0.3, 0.4) is 0 Å². The number of hydrogen-bond acceptors (Lipinski definition) is 3. The van der Waals surface area contributed by atoms with E-state index in [0.29, 0.717) is 6.54 Å². The van der Waals surface area contributed by atoms with E-state index < -0.39 is 0 Å². The van der Waals surface area contributed by atoms with Gasteiger partial charge in [-0.3, -0.25) is 9.78 Å². The molecule has 116 valence electrons. The lowest BCUT2D eigenvalue weighted by Crippen LogP contribution is -2.27. The first-order valence-corrected chi connectivity index (χ1v) is 7.29. The highest BCUT2D eigenvalue weighted by Crippen LogP contribution is 2.17. The fourth-order valence-corrected chi connectivity index (χ4v) is 2.33. The molecule has 3 aromatic rings. The van der Waals surface area contributed by atoms with Gasteiger partial charge in [-0.2, -0.15) is 0 Å². The van der Waals surface area contributed by atoms with Crippen molar-refractivity contribution in [2.45, 2.75) is 6.54 Å². The Hall–Kier alpha value is -2.79. The average Bonchev–Trinajstić information content (AvgIpc) is 2.55. The summed E-state index contributed by atoms with van der Waals surface area (Å²) in [5.41, 5.74) is 1.54. The van der Waals surface area contributed by atoms with Crippen molar-refractivity contribution in [2.75, 3.05) is 11.9 Å². The van der Waals surface area contributed by atoms with E-state index in [1.807, 2.05) is 30.3 Å². The minimum absolute atomic E-state index is 0.144. The molecule has 2 N–H and O–H groups in total. The molecule has 0 atom stereocenters. The molecule has 0 saturated carbocycles. The lowest BCUT2D eigenvalue weighted by Gasteiger charge is -2.08. The molecule has 23 heavy (non-hydrogen) atoms. The number of rotatable bonds is 5. The molecule has 0 aliphatic carbocycles. The fourth-order valence-electron chi connectivity index (χ4n) is 2.33. The zero-order valence-electron chi connectivity index (χ0n) is 12.4. The Balaban J connectivity index is 1.54. The standard InChI is InChI=1S/C18H16FN3O/c19-16-3-1-2-13(8-16)10-21-12-18(23)22-17-5-4-15-11-20-7-6-14(15)9-17/h1-9,11,21H,10,12H2,(H,22,23). The normalized spacial score (nSPS) is 10.7. The Bertz CT molecular complexity index is 835. The van der Waals surface area contributed by atoms with Crippen LogP contribution in [0.1, 0.15) is 5.56 Å². The van der Waals surface area contributed by atoms with Gasteiger partial charge < -0.3 is 10.6 Å². The molecule has 0 radical (unpaired) electrons. The van der Waals surface area contributed by atoms with Gasteiger partial charge in [-0.25, -0.2) is 4.39 Å². The van der Waals surface area contributed by atoms with E-state index in [0.717, 1.165) is 22.0 Å². The smallest absolute Gasteiger partial charge is 0.238 e. The number of benzene rings is 2. The summed E-state index contributed by atoms with van der Waals surface area (Å²) in [6.45, 7) is 0.597. The van der Waals surface area contributed by atoms with E-state index in [1.54, 1.807) is 18.5 Å². The Morgan fingerprint density at radius 2 is 2.00 bits per heavy atom. The number of carbonyl (C=O) groups excluding carboxylic acids is 1. The second-order valence-electron chi connectivity index (χ2n) is 5.22. The van der Waals surface area contributed by atoms with Gasteiger partial charge in [-0.15, -0.1) is 0 Å². The van der Waals surface area contributed by atoms with Crippen molar-refractivity contribution in [2.24, 2.45) is 0 Å². The van der Waals surface area contributed by atoms with Crippen LogP contribution in [0.4, 0.5) is 10.1 Å². The highest BCUT2D eigenvalue weighted by Gasteiger charge is 2.03. The van der Waals surface area contributed by atoms with Crippen molar-refractivity contribution in [3.8, 4) is 0 Å². The molecule has 1 heterocycles. The molecule has 0 bridgehead atoms. The molecule has 5 heteroatoms. The van der Waals surface area contributed by atoms with E-state index in [1.165, 1.54) is 12.1 Å². The largest absolute Gasteiger partial charge is 0.325 e. The maximum Gasteiger partial charge on any atom is 0.238 e. The van der Waals surface area contributed by atoms with Crippen LogP contribution < -0.4 is 10.6 Å². The number of nitrogens with one attached hydrogen (secondary N) is 2. The van der Waals surface area contributed by atoms with Gasteiger partial charge in [0.2, 0.25) is 5.91 Å². The molecule has 1 aromatic heterocycles. The van der Waals surface area contributed by atoms with Crippen LogP contribution in [0.2, 0.25) is 0 Å². The van der Waals surface area contributed by atoms with Gasteiger partial charge in [-0.05, 0) is 41.3 Å². The van der Waals surface area contributed by atoms with Crippen LogP contribution in [0.15, 0.2) is 60.9 Å². The quantitative estimate of drug-likeness (QED) is 0.761. The summed E-state index contributed by atoms with van der Waals surface area (Å²) in [4.78, 5) is 16.0. The summed E-state index contributed by atoms with van der Waals surface area (Å²) >= 11 is 0. The summed E-state index contributed by atoms with van der Waals surface area (Å²) < 4.78 is 13.1. The van der Waals surface area contributed by atoms with Crippen LogP contribution in [-0.2, 0) is 11.3 Å². The van der Waals surface area contributed by atoms with Crippen LogP contribution >= 0.6 is 0 Å². The summed E-state index contributed by atoms with van der Waals surface area (Å²) in [5, 5.41) is 7.88. The van der Waals surface area contributed by atoms with Crippen molar-refractivity contribution in [1.82, 2.24) is 10.3 Å². The number of aromatic nitrogens is 1. The zero-order valence-corrected chi connectivity index (χ0v) is 12.4. The SMILES string of the molecule is O=C(CNCc1cccc(F)c1)Nc1ccc2cnccc2c1. The maximum atomic E-state index is 13.1. The number of carbonyl (C=O) groups is 1. The van der Waals surface area contributed by atoms with E-state index in [-0.39, 0.29) is 18.3 Å². The molecular formula is C18H16FN3O. The third kappa shape index (κ3) is 4.11. The molecule has 0 aliphatic rings. The van der Waals surface area contributed by atoms with Crippen LogP contribution in [0.5, 0.6) is 0 Å². The molecule has 0 unspecified atom stereocenters. The number of halogens is 1. The van der Waals surface area contributed by atoms with Crippen LogP contribution in [-0.4, -0.2) is 17.4 Å². The van der Waals surface area contributed by atoms with Gasteiger partial charge in [0.15, 0.2) is 0 Å². The zero-order chi connectivity index (χ0) is 16.1. The lowest BCUT2D eigenvalue weighted by molar-refractivity contribution is -0.115. The number of pyridine rings is 1. The van der Waals surface area contributed by atoms with E-state index in [2.05, 4.69) is 15.6 Å². The van der Waals surface area contributed by atoms with Gasteiger partial charge in [0.05, 0.1) is 6.54 Å². The molecule has 1 amide bonds. The van der Waals surface area contributed by atoms with E-state index in [4.69, 9.17) is 0 Å². The van der Waals surface area contributed by atoms with Crippen molar-refractivity contribution in [3.05, 3.63) is 72.3 Å². The van der Waals surface area contributed by atoms with E-state index in [9.17, 15) is 9.18 Å². The predicted molar refractivity (Wildman–Crippen MR) is 88.5 cm³/mol. The Morgan fingerprint density at radius 1 is 1.09 bits per heavy atom. The molecule has 0 fully saturated rings. The molecule has 2 aromatic carbocycles. The average molecular weight is 309 g/mol. The van der Waals surface area contributed by atoms with Gasteiger partial charge in [0, 0.05) is 30.0 Å². The highest BCUT2D eigenvalue weighted by molar-refractivity contribution is 5.95. The predicted octanol–water partition coefficient (Wildman–Crippen LogP) is 3.10. The molecule has 4 nitrogen and oxygen atoms in total. The van der Waals surface area contributed by atoms with Crippen molar-refractivity contribution >= 4 is 22.4 Å². The van der Waals surface area contributed by atoms with Gasteiger partial charge >= 0.3 is 0 Å². The summed E-state index contributed by atoms with van der Waals surface area (Å²) in [6.07, 6.45) is 3.50. The first-order valence-electron chi connectivity index (χ1n) is 7.29. The first-order chi connectivity index (χ1) is 11.2. The van der Waals surface area contributed by atoms with Crippen LogP contribution in [0.25, 0.3) is 10.8 Å². The number of amides is 1. The minimum Gasteiger partial charge on any atom is -0.325 e. The second-order valence-corrected chi connectivity index (χ2v) is 5.22. The van der Waals surface area contributed by atoms with Gasteiger partial charge in [-0.1, -0.05) is 18.2 Å². The maximum absolute atomic E-state index is 13.1. The topological polar surface area (TPSA) is 54.0 Å². The number of anilines is 1. The summed E-state index contributed by atoms with van der Waals surface area (Å²) in [5.74, 6) is -0.422. The monoisotopic (exact) mass is 309 g/mol. The molecule has 0 saturated heterocycles. The van der Waals surface area contributed by atoms with Crippen LogP contribution in [0, 0.1) is 5.82 Å². The fraction of sp³-hybridized carbons (Fsp3) is 0.111.